The molecule has 0 atom stereocenters. The zero-order valence-corrected chi connectivity index (χ0v) is 14.1. The molecular formula is C17H16N4O3S. The van der Waals surface area contributed by atoms with E-state index in [2.05, 4.69) is 15.0 Å². The number of aliphatic hydroxyl groups excluding tert-OH is 1. The molecule has 0 spiro atoms. The Bertz CT molecular complexity index is 997. The van der Waals surface area contributed by atoms with E-state index in [1.807, 2.05) is 0 Å². The van der Waals surface area contributed by atoms with Gasteiger partial charge in [0.2, 0.25) is 0 Å². The lowest BCUT2D eigenvalue weighted by molar-refractivity contribution is 0.281. The maximum atomic E-state index is 13.2. The molecule has 4 rings (SSSR count). The lowest BCUT2D eigenvalue weighted by Crippen LogP contribution is -2.14. The van der Waals surface area contributed by atoms with E-state index >= 15 is 0 Å². The third kappa shape index (κ3) is 2.73. The van der Waals surface area contributed by atoms with Gasteiger partial charge in [-0.25, -0.2) is 22.4 Å². The molecule has 3 heterocycles. The summed E-state index contributed by atoms with van der Waals surface area (Å²) in [6, 6.07) is 3.08. The van der Waals surface area contributed by atoms with Crippen LogP contribution in [0.1, 0.15) is 29.9 Å². The lowest BCUT2D eigenvalue weighted by atomic mass is 10.0. The highest BCUT2D eigenvalue weighted by Gasteiger charge is 2.34. The number of hydrogen-bond acceptors (Lipinski definition) is 6. The van der Waals surface area contributed by atoms with E-state index in [9.17, 15) is 13.5 Å². The van der Waals surface area contributed by atoms with Gasteiger partial charge in [0.15, 0.2) is 0 Å². The van der Waals surface area contributed by atoms with Gasteiger partial charge in [0.05, 0.1) is 12.3 Å². The highest BCUT2D eigenvalue weighted by molar-refractivity contribution is 7.90. The molecule has 0 aliphatic heterocycles. The number of hydrogen-bond donors (Lipinski definition) is 1. The van der Waals surface area contributed by atoms with Crippen molar-refractivity contribution in [1.82, 2.24) is 18.9 Å². The van der Waals surface area contributed by atoms with E-state index in [0.717, 1.165) is 18.4 Å². The summed E-state index contributed by atoms with van der Waals surface area (Å²) in [5, 5.41) is 9.76. The minimum atomic E-state index is -3.85. The van der Waals surface area contributed by atoms with Crippen LogP contribution in [0.25, 0.3) is 11.3 Å². The molecular weight excluding hydrogens is 340 g/mol. The average Bonchev–Trinajstić information content (AvgIpc) is 3.42. The highest BCUT2D eigenvalue weighted by Crippen LogP contribution is 2.47. The van der Waals surface area contributed by atoms with Gasteiger partial charge in [0.25, 0.3) is 10.0 Å². The van der Waals surface area contributed by atoms with Gasteiger partial charge in [-0.15, -0.1) is 0 Å². The molecule has 3 aromatic heterocycles. The summed E-state index contributed by atoms with van der Waals surface area (Å²) in [6.45, 7) is -0.220. The van der Waals surface area contributed by atoms with Gasteiger partial charge in [-0.2, -0.15) is 0 Å². The normalized spacial score (nSPS) is 14.6. The van der Waals surface area contributed by atoms with Crippen molar-refractivity contribution in [3.8, 4) is 11.3 Å². The van der Waals surface area contributed by atoms with Crippen LogP contribution in [0.4, 0.5) is 0 Å². The Morgan fingerprint density at radius 1 is 1.16 bits per heavy atom. The predicted molar refractivity (Wildman–Crippen MR) is 90.2 cm³/mol. The molecule has 0 unspecified atom stereocenters. The van der Waals surface area contributed by atoms with Crippen LogP contribution >= 0.6 is 0 Å². The summed E-state index contributed by atoms with van der Waals surface area (Å²) in [7, 11) is -3.85. The Morgan fingerprint density at radius 3 is 2.52 bits per heavy atom. The summed E-state index contributed by atoms with van der Waals surface area (Å²) in [5.74, 6) is 0.253. The Kier molecular flexibility index (Phi) is 3.85. The smallest absolute Gasteiger partial charge is 0.269 e. The monoisotopic (exact) mass is 356 g/mol. The molecule has 0 aromatic carbocycles. The molecule has 128 valence electrons. The first kappa shape index (κ1) is 15.9. The minimum Gasteiger partial charge on any atom is -0.392 e. The van der Waals surface area contributed by atoms with Gasteiger partial charge >= 0.3 is 0 Å². The first-order chi connectivity index (χ1) is 12.1. The summed E-state index contributed by atoms with van der Waals surface area (Å²) >= 11 is 0. The topological polar surface area (TPSA) is 98.0 Å². The van der Waals surface area contributed by atoms with Crippen LogP contribution in [0.3, 0.4) is 0 Å². The van der Waals surface area contributed by atoms with Crippen LogP contribution < -0.4 is 0 Å². The van der Waals surface area contributed by atoms with Gasteiger partial charge < -0.3 is 5.11 Å². The van der Waals surface area contributed by atoms with Gasteiger partial charge in [-0.1, -0.05) is 0 Å². The molecule has 25 heavy (non-hydrogen) atoms. The van der Waals surface area contributed by atoms with Gasteiger partial charge in [0.1, 0.15) is 11.2 Å². The van der Waals surface area contributed by atoms with Gasteiger partial charge in [0, 0.05) is 42.1 Å². The van der Waals surface area contributed by atoms with Crippen molar-refractivity contribution in [2.24, 2.45) is 0 Å². The number of aromatic nitrogens is 4. The van der Waals surface area contributed by atoms with E-state index in [-0.39, 0.29) is 17.4 Å². The van der Waals surface area contributed by atoms with Crippen LogP contribution in [0.2, 0.25) is 0 Å². The Morgan fingerprint density at radius 2 is 1.92 bits per heavy atom. The minimum absolute atomic E-state index is 0.0925. The molecule has 1 saturated carbocycles. The molecule has 1 fully saturated rings. The lowest BCUT2D eigenvalue weighted by Gasteiger charge is -2.12. The second-order valence-electron chi connectivity index (χ2n) is 5.97. The molecule has 0 radical (unpaired) electrons. The van der Waals surface area contributed by atoms with Crippen molar-refractivity contribution in [2.75, 3.05) is 0 Å². The first-order valence-corrected chi connectivity index (χ1v) is 9.33. The fraction of sp³-hybridized carbons (Fsp3) is 0.235. The van der Waals surface area contributed by atoms with Crippen molar-refractivity contribution < 1.29 is 13.5 Å². The summed E-state index contributed by atoms with van der Waals surface area (Å²) in [5.41, 5.74) is 2.62. The van der Waals surface area contributed by atoms with Crippen LogP contribution in [-0.4, -0.2) is 32.4 Å². The standard InChI is InChI=1S/C17H16N4O3S/c22-10-14-9-21(25(23,24)15-2-1-5-18-8-15)17(16(14)12-3-4-12)13-6-19-11-20-7-13/h1-2,5-9,11-12,22H,3-4,10H2. The van der Waals surface area contributed by atoms with E-state index in [1.54, 1.807) is 18.5 Å². The van der Waals surface area contributed by atoms with Crippen LogP contribution in [0.15, 0.2) is 54.3 Å². The van der Waals surface area contributed by atoms with E-state index in [1.165, 1.54) is 35.0 Å². The Balaban J connectivity index is 2.00. The number of pyridine rings is 1. The maximum absolute atomic E-state index is 13.2. The van der Waals surface area contributed by atoms with Crippen molar-refractivity contribution >= 4 is 10.0 Å². The van der Waals surface area contributed by atoms with Crippen molar-refractivity contribution in [3.05, 3.63) is 60.6 Å². The largest absolute Gasteiger partial charge is 0.392 e. The van der Waals surface area contributed by atoms with Crippen molar-refractivity contribution in [2.45, 2.75) is 30.3 Å². The zero-order valence-electron chi connectivity index (χ0n) is 13.3. The van der Waals surface area contributed by atoms with Crippen molar-refractivity contribution in [3.63, 3.8) is 0 Å². The number of aliphatic hydroxyl groups is 1. The van der Waals surface area contributed by atoms with Crippen LogP contribution in [0.5, 0.6) is 0 Å². The van der Waals surface area contributed by atoms with E-state index in [0.29, 0.717) is 16.8 Å². The highest BCUT2D eigenvalue weighted by atomic mass is 32.2. The van der Waals surface area contributed by atoms with Gasteiger partial charge in [-0.05, 0) is 36.5 Å². The molecule has 1 aliphatic rings. The van der Waals surface area contributed by atoms with E-state index < -0.39 is 10.0 Å². The third-order valence-corrected chi connectivity index (χ3v) is 5.92. The summed E-state index contributed by atoms with van der Waals surface area (Å²) in [4.78, 5) is 12.0. The molecule has 0 amide bonds. The number of rotatable bonds is 5. The molecule has 1 aliphatic carbocycles. The van der Waals surface area contributed by atoms with Crippen LogP contribution in [0, 0.1) is 0 Å². The van der Waals surface area contributed by atoms with Crippen molar-refractivity contribution in [1.29, 1.82) is 0 Å². The molecule has 0 bridgehead atoms. The predicted octanol–water partition coefficient (Wildman–Crippen LogP) is 1.95. The molecule has 0 saturated heterocycles. The SMILES string of the molecule is O=S(=O)(c1cccnc1)n1cc(CO)c(C2CC2)c1-c1cncnc1. The summed E-state index contributed by atoms with van der Waals surface area (Å²) in [6.07, 6.45) is 10.9. The molecule has 1 N–H and O–H groups in total. The fourth-order valence-corrected chi connectivity index (χ4v) is 4.39. The second kappa shape index (κ2) is 6.05. The zero-order chi connectivity index (χ0) is 17.4. The number of nitrogens with zero attached hydrogens (tertiary/aromatic N) is 4. The Labute approximate surface area is 145 Å². The second-order valence-corrected chi connectivity index (χ2v) is 7.78. The first-order valence-electron chi connectivity index (χ1n) is 7.89. The maximum Gasteiger partial charge on any atom is 0.269 e. The van der Waals surface area contributed by atoms with Crippen LogP contribution in [-0.2, 0) is 16.6 Å². The molecule has 3 aromatic rings. The Hall–Kier alpha value is -2.58. The third-order valence-electron chi connectivity index (χ3n) is 4.28. The molecule has 8 heteroatoms. The quantitative estimate of drug-likeness (QED) is 0.750. The summed E-state index contributed by atoms with van der Waals surface area (Å²) < 4.78 is 27.5. The average molecular weight is 356 g/mol. The fourth-order valence-electron chi connectivity index (χ4n) is 3.01. The van der Waals surface area contributed by atoms with E-state index in [4.69, 9.17) is 0 Å². The molecule has 7 nitrogen and oxygen atoms in total. The van der Waals surface area contributed by atoms with Gasteiger partial charge in [-0.3, -0.25) is 4.98 Å².